The van der Waals surface area contributed by atoms with Crippen LogP contribution in [0.25, 0.3) is 0 Å². The summed E-state index contributed by atoms with van der Waals surface area (Å²) in [5, 5.41) is 0.782. The van der Waals surface area contributed by atoms with Crippen molar-refractivity contribution < 1.29 is 18.9 Å². The standard InChI is InChI=1S/C18H18Cl2NO3/c1-2-3-9-24-18(23)13-5-4-8-21(11-13)12-17(22)15-7-6-14(19)10-16(15)20/h4-8,10-11H,2-3,9,12H2,1H3/q+1. The number of nitrogens with zero attached hydrogens (tertiary/aromatic N) is 1. The molecule has 0 saturated heterocycles. The van der Waals surface area contributed by atoms with E-state index in [9.17, 15) is 9.59 Å². The van der Waals surface area contributed by atoms with Gasteiger partial charge in [-0.2, -0.15) is 4.57 Å². The van der Waals surface area contributed by atoms with Crippen LogP contribution in [0.2, 0.25) is 10.0 Å². The number of ether oxygens (including phenoxy) is 1. The van der Waals surface area contributed by atoms with Gasteiger partial charge >= 0.3 is 5.97 Å². The lowest BCUT2D eigenvalue weighted by Gasteiger charge is -2.04. The molecule has 126 valence electrons. The fourth-order valence-electron chi connectivity index (χ4n) is 2.10. The molecule has 0 spiro atoms. The Morgan fingerprint density at radius 2 is 2.00 bits per heavy atom. The summed E-state index contributed by atoms with van der Waals surface area (Å²) in [7, 11) is 0. The third-order valence-corrected chi connectivity index (χ3v) is 3.93. The van der Waals surface area contributed by atoms with Gasteiger partial charge in [0.2, 0.25) is 12.3 Å². The van der Waals surface area contributed by atoms with Crippen molar-refractivity contribution in [2.24, 2.45) is 0 Å². The molecule has 0 unspecified atom stereocenters. The number of rotatable bonds is 7. The second-order valence-corrected chi connectivity index (χ2v) is 6.15. The maximum atomic E-state index is 12.4. The summed E-state index contributed by atoms with van der Waals surface area (Å²) in [6, 6.07) is 8.10. The molecule has 0 aliphatic carbocycles. The quantitative estimate of drug-likeness (QED) is 0.320. The Labute approximate surface area is 151 Å². The molecule has 0 atom stereocenters. The van der Waals surface area contributed by atoms with Gasteiger partial charge in [0.05, 0.1) is 11.6 Å². The number of halogens is 2. The van der Waals surface area contributed by atoms with E-state index in [4.69, 9.17) is 27.9 Å². The molecule has 0 N–H and O–H groups in total. The second kappa shape index (κ2) is 8.81. The lowest BCUT2D eigenvalue weighted by molar-refractivity contribution is -0.683. The van der Waals surface area contributed by atoms with Crippen molar-refractivity contribution >= 4 is 35.0 Å². The molecule has 2 aromatic rings. The molecule has 24 heavy (non-hydrogen) atoms. The number of ketones is 1. The van der Waals surface area contributed by atoms with Gasteiger partial charge in [-0.05, 0) is 30.7 Å². The van der Waals surface area contributed by atoms with Crippen LogP contribution < -0.4 is 4.57 Å². The highest BCUT2D eigenvalue weighted by Gasteiger charge is 2.18. The predicted molar refractivity (Wildman–Crippen MR) is 92.6 cm³/mol. The average Bonchev–Trinajstić information content (AvgIpc) is 2.55. The molecular formula is C18H18Cl2NO3+. The molecule has 1 heterocycles. The number of pyridine rings is 1. The lowest BCUT2D eigenvalue weighted by atomic mass is 10.1. The molecule has 0 aliphatic heterocycles. The van der Waals surface area contributed by atoms with Crippen LogP contribution in [0.4, 0.5) is 0 Å². The van der Waals surface area contributed by atoms with Gasteiger partial charge in [-0.3, -0.25) is 4.79 Å². The zero-order valence-corrected chi connectivity index (χ0v) is 14.8. The van der Waals surface area contributed by atoms with E-state index in [-0.39, 0.29) is 12.3 Å². The molecule has 0 amide bonds. The van der Waals surface area contributed by atoms with Gasteiger partial charge in [0, 0.05) is 16.7 Å². The topological polar surface area (TPSA) is 47.2 Å². The average molecular weight is 367 g/mol. The van der Waals surface area contributed by atoms with E-state index in [0.717, 1.165) is 12.8 Å². The smallest absolute Gasteiger partial charge is 0.344 e. The first-order valence-corrected chi connectivity index (χ1v) is 8.41. The van der Waals surface area contributed by atoms with E-state index >= 15 is 0 Å². The van der Waals surface area contributed by atoms with Gasteiger partial charge < -0.3 is 4.74 Å². The highest BCUT2D eigenvalue weighted by atomic mass is 35.5. The number of Topliss-reactive ketones (excluding diaryl/α,β-unsaturated/α-hetero) is 1. The summed E-state index contributed by atoms with van der Waals surface area (Å²) in [5.74, 6) is -0.562. The Hall–Kier alpha value is -1.91. The normalized spacial score (nSPS) is 10.5. The van der Waals surface area contributed by atoms with Crippen molar-refractivity contribution in [2.45, 2.75) is 26.3 Å². The highest BCUT2D eigenvalue weighted by Crippen LogP contribution is 2.21. The number of benzene rings is 1. The van der Waals surface area contributed by atoms with Crippen LogP contribution in [0.3, 0.4) is 0 Å². The van der Waals surface area contributed by atoms with Crippen LogP contribution in [-0.2, 0) is 11.3 Å². The highest BCUT2D eigenvalue weighted by molar-refractivity contribution is 6.36. The molecule has 4 nitrogen and oxygen atoms in total. The number of esters is 1. The minimum atomic E-state index is -0.394. The summed E-state index contributed by atoms with van der Waals surface area (Å²) in [6.07, 6.45) is 5.09. The monoisotopic (exact) mass is 366 g/mol. The molecule has 0 bridgehead atoms. The zero-order chi connectivity index (χ0) is 17.5. The third kappa shape index (κ3) is 5.05. The van der Waals surface area contributed by atoms with E-state index in [1.165, 1.54) is 6.07 Å². The van der Waals surface area contributed by atoms with Crippen LogP contribution in [0.1, 0.15) is 40.5 Å². The fraction of sp³-hybridized carbons (Fsp3) is 0.278. The maximum absolute atomic E-state index is 12.4. The summed E-state index contributed by atoms with van der Waals surface area (Å²) < 4.78 is 6.80. The first-order chi connectivity index (χ1) is 11.5. The summed E-state index contributed by atoms with van der Waals surface area (Å²) in [4.78, 5) is 24.3. The van der Waals surface area contributed by atoms with Crippen molar-refractivity contribution in [3.8, 4) is 0 Å². The summed E-state index contributed by atoms with van der Waals surface area (Å²) in [6.45, 7) is 2.48. The van der Waals surface area contributed by atoms with Gasteiger partial charge in [0.15, 0.2) is 12.4 Å². The minimum Gasteiger partial charge on any atom is -0.462 e. The second-order valence-electron chi connectivity index (χ2n) is 5.30. The van der Waals surface area contributed by atoms with Gasteiger partial charge in [0.1, 0.15) is 5.56 Å². The number of aromatic nitrogens is 1. The van der Waals surface area contributed by atoms with Gasteiger partial charge in [-0.15, -0.1) is 0 Å². The number of hydrogen-bond donors (Lipinski definition) is 0. The largest absolute Gasteiger partial charge is 0.462 e. The van der Waals surface area contributed by atoms with Crippen molar-refractivity contribution in [2.75, 3.05) is 6.61 Å². The predicted octanol–water partition coefficient (Wildman–Crippen LogP) is 4.12. The van der Waals surface area contributed by atoms with Crippen LogP contribution in [0.15, 0.2) is 42.7 Å². The molecule has 1 aromatic carbocycles. The Balaban J connectivity index is 2.08. The Morgan fingerprint density at radius 1 is 1.21 bits per heavy atom. The number of carbonyl (C=O) groups excluding carboxylic acids is 2. The molecule has 0 saturated carbocycles. The summed E-state index contributed by atoms with van der Waals surface area (Å²) >= 11 is 11.9. The Kier molecular flexibility index (Phi) is 6.76. The zero-order valence-electron chi connectivity index (χ0n) is 13.3. The maximum Gasteiger partial charge on any atom is 0.344 e. The van der Waals surface area contributed by atoms with Gasteiger partial charge in [0.25, 0.3) is 0 Å². The Bertz CT molecular complexity index is 747. The van der Waals surface area contributed by atoms with Gasteiger partial charge in [-0.1, -0.05) is 36.5 Å². The molecule has 0 fully saturated rings. The van der Waals surface area contributed by atoms with Crippen LogP contribution in [-0.4, -0.2) is 18.4 Å². The molecular weight excluding hydrogens is 349 g/mol. The van der Waals surface area contributed by atoms with Gasteiger partial charge in [-0.25, -0.2) is 4.79 Å². The van der Waals surface area contributed by atoms with Crippen LogP contribution in [0, 0.1) is 0 Å². The van der Waals surface area contributed by atoms with Crippen molar-refractivity contribution in [1.82, 2.24) is 0 Å². The lowest BCUT2D eigenvalue weighted by Crippen LogP contribution is -2.38. The van der Waals surface area contributed by atoms with Crippen LogP contribution >= 0.6 is 23.2 Å². The first kappa shape index (κ1) is 18.4. The fourth-order valence-corrected chi connectivity index (χ4v) is 2.61. The third-order valence-electron chi connectivity index (χ3n) is 3.38. The molecule has 1 aromatic heterocycles. The van der Waals surface area contributed by atoms with Crippen LogP contribution in [0.5, 0.6) is 0 Å². The summed E-state index contributed by atoms with van der Waals surface area (Å²) in [5.41, 5.74) is 0.799. The minimum absolute atomic E-state index is 0.0669. The number of hydrogen-bond acceptors (Lipinski definition) is 3. The Morgan fingerprint density at radius 3 is 2.71 bits per heavy atom. The van der Waals surface area contributed by atoms with E-state index in [1.807, 2.05) is 6.92 Å². The molecule has 0 radical (unpaired) electrons. The van der Waals surface area contributed by atoms with Crippen molar-refractivity contribution in [3.05, 3.63) is 63.9 Å². The number of unbranched alkanes of at least 4 members (excludes halogenated alkanes) is 1. The van der Waals surface area contributed by atoms with E-state index in [1.54, 1.807) is 41.2 Å². The molecule has 0 aliphatic rings. The SMILES string of the molecule is CCCCOC(=O)c1ccc[n+](CC(=O)c2ccc(Cl)cc2Cl)c1. The first-order valence-electron chi connectivity index (χ1n) is 7.65. The van der Waals surface area contributed by atoms with E-state index < -0.39 is 5.97 Å². The molecule has 6 heteroatoms. The number of carbonyl (C=O) groups is 2. The molecule has 2 rings (SSSR count). The van der Waals surface area contributed by atoms with Crippen molar-refractivity contribution in [3.63, 3.8) is 0 Å². The van der Waals surface area contributed by atoms with E-state index in [2.05, 4.69) is 0 Å². The van der Waals surface area contributed by atoms with Crippen molar-refractivity contribution in [1.29, 1.82) is 0 Å². The van der Waals surface area contributed by atoms with E-state index in [0.29, 0.717) is 27.8 Å².